The fraction of sp³-hybridized carbons (Fsp3) is 0.778. The van der Waals surface area contributed by atoms with Crippen molar-refractivity contribution in [1.29, 1.82) is 0 Å². The van der Waals surface area contributed by atoms with Gasteiger partial charge in [-0.25, -0.2) is 0 Å². The molecule has 0 fully saturated rings. The number of rotatable bonds is 3. The molecule has 4 nitrogen and oxygen atoms in total. The van der Waals surface area contributed by atoms with Crippen molar-refractivity contribution < 1.29 is 31.1 Å². The monoisotopic (exact) mass is 401 g/mol. The molecule has 0 aromatic heterocycles. The zero-order chi connectivity index (χ0) is 16.5. The third kappa shape index (κ3) is 3.96. The summed E-state index contributed by atoms with van der Waals surface area (Å²) < 4.78 is 78.0. The topological polar surface area (TPSA) is 53.5 Å². The number of amidine groups is 1. The first-order chi connectivity index (χ1) is 9.43. The number of hydrogen-bond acceptors (Lipinski definition) is 4. The third-order valence-corrected chi connectivity index (χ3v) is 4.71. The van der Waals surface area contributed by atoms with Gasteiger partial charge < -0.3 is 10.6 Å². The summed E-state index contributed by atoms with van der Waals surface area (Å²) in [4.78, 5) is 14.4. The highest BCUT2D eigenvalue weighted by Gasteiger charge is 2.73. The summed E-state index contributed by atoms with van der Waals surface area (Å²) in [5.41, 5.74) is -4.57. The Labute approximate surface area is 128 Å². The molecule has 0 saturated heterocycles. The summed E-state index contributed by atoms with van der Waals surface area (Å²) in [6, 6.07) is 0. The molecule has 1 atom stereocenters. The van der Waals surface area contributed by atoms with Crippen LogP contribution in [0.15, 0.2) is 4.99 Å². The lowest BCUT2D eigenvalue weighted by Gasteiger charge is -2.38. The maximum absolute atomic E-state index is 13.0. The summed E-state index contributed by atoms with van der Waals surface area (Å²) >= 11 is 3.80. The Morgan fingerprint density at radius 1 is 1.33 bits per heavy atom. The van der Waals surface area contributed by atoms with Gasteiger partial charge in [0.1, 0.15) is 0 Å². The second kappa shape index (κ2) is 6.23. The first-order valence-electron chi connectivity index (χ1n) is 5.40. The zero-order valence-corrected chi connectivity index (χ0v) is 12.8. The van der Waals surface area contributed by atoms with E-state index in [0.29, 0.717) is 12.3 Å². The van der Waals surface area contributed by atoms with Gasteiger partial charge in [0.25, 0.3) is 0 Å². The van der Waals surface area contributed by atoms with Crippen molar-refractivity contribution in [1.82, 2.24) is 10.6 Å². The van der Waals surface area contributed by atoms with Gasteiger partial charge >= 0.3 is 18.0 Å². The van der Waals surface area contributed by atoms with Gasteiger partial charge in [0.15, 0.2) is 5.17 Å². The molecular weight excluding hydrogens is 392 g/mol. The van der Waals surface area contributed by atoms with Gasteiger partial charge in [0.2, 0.25) is 5.91 Å². The van der Waals surface area contributed by atoms with Crippen LogP contribution in [0.4, 0.5) is 26.3 Å². The van der Waals surface area contributed by atoms with E-state index in [2.05, 4.69) is 20.9 Å². The number of thioether (sulfide) groups is 1. The summed E-state index contributed by atoms with van der Waals surface area (Å²) in [6.45, 7) is 0.642. The molecule has 0 bridgehead atoms. The summed E-state index contributed by atoms with van der Waals surface area (Å²) in [5, 5.41) is 1.80. The molecule has 2 N–H and O–H groups in total. The molecule has 0 aliphatic carbocycles. The lowest BCUT2D eigenvalue weighted by molar-refractivity contribution is -0.310. The number of nitrogens with zero attached hydrogens (tertiary/aromatic N) is 1. The van der Waals surface area contributed by atoms with Crippen molar-refractivity contribution in [2.45, 2.75) is 30.2 Å². The number of amides is 1. The third-order valence-electron chi connectivity index (χ3n) is 2.40. The van der Waals surface area contributed by atoms with E-state index in [1.54, 1.807) is 0 Å². The van der Waals surface area contributed by atoms with Gasteiger partial charge in [0, 0.05) is 17.5 Å². The second-order valence-electron chi connectivity index (χ2n) is 4.09. The normalized spacial score (nSPS) is 20.2. The van der Waals surface area contributed by atoms with Crippen molar-refractivity contribution in [3.63, 3.8) is 0 Å². The molecular formula is C9H10BrF6N3OS. The van der Waals surface area contributed by atoms with E-state index in [4.69, 9.17) is 0 Å². The van der Waals surface area contributed by atoms with E-state index >= 15 is 0 Å². The van der Waals surface area contributed by atoms with Crippen molar-refractivity contribution in [3.05, 3.63) is 0 Å². The molecule has 0 radical (unpaired) electrons. The minimum atomic E-state index is -5.80. The molecule has 12 heteroatoms. The highest BCUT2D eigenvalue weighted by atomic mass is 79.9. The predicted octanol–water partition coefficient (Wildman–Crippen LogP) is 2.40. The van der Waals surface area contributed by atoms with E-state index in [-0.39, 0.29) is 11.8 Å². The molecule has 1 aliphatic rings. The maximum Gasteiger partial charge on any atom is 0.439 e. The van der Waals surface area contributed by atoms with Crippen molar-refractivity contribution in [2.75, 3.05) is 11.9 Å². The molecule has 0 aromatic carbocycles. The first-order valence-corrected chi connectivity index (χ1v) is 7.40. The molecule has 1 rings (SSSR count). The SMILES string of the molecule is CC(=O)NC(NC1=NCC(CBr)S1)(C(F)(F)F)C(F)(F)F. The summed E-state index contributed by atoms with van der Waals surface area (Å²) in [5.74, 6) is -1.47. The maximum atomic E-state index is 13.0. The lowest BCUT2D eigenvalue weighted by Crippen LogP contribution is -2.75. The Kier molecular flexibility index (Phi) is 5.45. The average molecular weight is 402 g/mol. The molecule has 0 saturated carbocycles. The van der Waals surface area contributed by atoms with E-state index in [9.17, 15) is 31.1 Å². The van der Waals surface area contributed by atoms with Crippen LogP contribution in [0.2, 0.25) is 0 Å². The molecule has 1 aliphatic heterocycles. The standard InChI is InChI=1S/C9H10BrF6N3OS/c1-4(20)18-7(8(11,12)13,9(14,15)16)19-6-17-3-5(2-10)21-6/h5H,2-3H2,1H3,(H,17,19)(H,18,20). The number of carbonyl (C=O) groups is 1. The smallest absolute Gasteiger partial charge is 0.327 e. The Morgan fingerprint density at radius 3 is 2.19 bits per heavy atom. The lowest BCUT2D eigenvalue weighted by atomic mass is 10.1. The van der Waals surface area contributed by atoms with E-state index in [1.165, 1.54) is 5.32 Å². The highest BCUT2D eigenvalue weighted by Crippen LogP contribution is 2.42. The largest absolute Gasteiger partial charge is 0.439 e. The molecule has 0 aromatic rings. The molecule has 0 spiro atoms. The van der Waals surface area contributed by atoms with Crippen LogP contribution in [-0.4, -0.2) is 46.2 Å². The van der Waals surface area contributed by atoms with Crippen molar-refractivity contribution in [2.24, 2.45) is 4.99 Å². The fourth-order valence-corrected chi connectivity index (χ4v) is 2.96. The number of carbonyl (C=O) groups excluding carboxylic acids is 1. The number of nitrogens with one attached hydrogen (secondary N) is 2. The van der Waals surface area contributed by atoms with Crippen LogP contribution in [0.5, 0.6) is 0 Å². The molecule has 1 heterocycles. The van der Waals surface area contributed by atoms with Gasteiger partial charge in [-0.1, -0.05) is 27.7 Å². The highest BCUT2D eigenvalue weighted by molar-refractivity contribution is 9.09. The quantitative estimate of drug-likeness (QED) is 0.433. The van der Waals surface area contributed by atoms with Gasteiger partial charge in [-0.3, -0.25) is 9.79 Å². The Morgan fingerprint density at radius 2 is 1.86 bits per heavy atom. The molecule has 122 valence electrons. The number of alkyl halides is 7. The number of halogens is 7. The first kappa shape index (κ1) is 18.4. The van der Waals surface area contributed by atoms with E-state index in [1.807, 2.05) is 0 Å². The molecule has 1 unspecified atom stereocenters. The van der Waals surface area contributed by atoms with Crippen LogP contribution in [0, 0.1) is 0 Å². The van der Waals surface area contributed by atoms with Crippen molar-refractivity contribution in [3.8, 4) is 0 Å². The Bertz CT molecular complexity index is 424. The number of hydrogen-bond donors (Lipinski definition) is 2. The van der Waals surface area contributed by atoms with Crippen LogP contribution in [0.25, 0.3) is 0 Å². The van der Waals surface area contributed by atoms with Crippen LogP contribution in [-0.2, 0) is 4.79 Å². The van der Waals surface area contributed by atoms with Gasteiger partial charge in [0.05, 0.1) is 6.54 Å². The van der Waals surface area contributed by atoms with Gasteiger partial charge in [-0.2, -0.15) is 26.3 Å². The minimum absolute atomic E-state index is 0.0735. The summed E-state index contributed by atoms with van der Waals surface area (Å²) in [6.07, 6.45) is -11.6. The Hall–Kier alpha value is -0.650. The Balaban J connectivity index is 3.15. The molecule has 21 heavy (non-hydrogen) atoms. The zero-order valence-electron chi connectivity index (χ0n) is 10.4. The average Bonchev–Trinajstić information content (AvgIpc) is 2.72. The van der Waals surface area contributed by atoms with Crippen LogP contribution >= 0.6 is 27.7 Å². The predicted molar refractivity (Wildman–Crippen MR) is 69.3 cm³/mol. The van der Waals surface area contributed by atoms with Crippen LogP contribution in [0.3, 0.4) is 0 Å². The van der Waals surface area contributed by atoms with Crippen LogP contribution in [0.1, 0.15) is 6.92 Å². The fourth-order valence-electron chi connectivity index (χ4n) is 1.47. The van der Waals surface area contributed by atoms with Crippen molar-refractivity contribution >= 4 is 38.8 Å². The van der Waals surface area contributed by atoms with E-state index in [0.717, 1.165) is 17.1 Å². The minimum Gasteiger partial charge on any atom is -0.327 e. The van der Waals surface area contributed by atoms with Gasteiger partial charge in [-0.05, 0) is 0 Å². The second-order valence-corrected chi connectivity index (χ2v) is 6.03. The summed E-state index contributed by atoms with van der Waals surface area (Å²) in [7, 11) is 0. The van der Waals surface area contributed by atoms with E-state index < -0.39 is 29.1 Å². The van der Waals surface area contributed by atoms with Crippen LogP contribution < -0.4 is 10.6 Å². The molecule has 1 amide bonds. The number of aliphatic imine (C=N–C) groups is 1. The van der Waals surface area contributed by atoms with Gasteiger partial charge in [-0.15, -0.1) is 0 Å².